The van der Waals surface area contributed by atoms with Gasteiger partial charge in [-0.1, -0.05) is 0 Å². The Balaban J connectivity index is 2.19. The zero-order chi connectivity index (χ0) is 12.3. The van der Waals surface area contributed by atoms with E-state index in [0.717, 1.165) is 25.9 Å². The molecule has 1 aliphatic heterocycles. The minimum absolute atomic E-state index is 0.0178. The molecule has 1 aromatic rings. The molecule has 0 saturated carbocycles. The Labute approximate surface area is 99.2 Å². The summed E-state index contributed by atoms with van der Waals surface area (Å²) >= 11 is 0. The van der Waals surface area contributed by atoms with Crippen molar-refractivity contribution < 1.29 is 9.66 Å². The van der Waals surface area contributed by atoms with Crippen molar-refractivity contribution in [3.05, 3.63) is 27.9 Å². The fraction of sp³-hybridized carbons (Fsp3) is 0.545. The van der Waals surface area contributed by atoms with E-state index in [1.165, 1.54) is 0 Å². The molecule has 1 aromatic heterocycles. The number of aryl methyl sites for hydroxylation is 1. The minimum atomic E-state index is -0.432. The third-order valence-electron chi connectivity index (χ3n) is 2.84. The van der Waals surface area contributed by atoms with Gasteiger partial charge in [-0.2, -0.15) is 0 Å². The van der Waals surface area contributed by atoms with Crippen molar-refractivity contribution in [2.75, 3.05) is 13.1 Å². The number of nitrogens with zero attached hydrogens (tertiary/aromatic N) is 2. The number of rotatable bonds is 3. The van der Waals surface area contributed by atoms with Gasteiger partial charge in [0.15, 0.2) is 0 Å². The van der Waals surface area contributed by atoms with Crippen LogP contribution in [-0.2, 0) is 0 Å². The van der Waals surface area contributed by atoms with E-state index in [2.05, 4.69) is 10.3 Å². The molecule has 6 heteroatoms. The molecule has 6 nitrogen and oxygen atoms in total. The van der Waals surface area contributed by atoms with Gasteiger partial charge in [0, 0.05) is 11.8 Å². The molecule has 17 heavy (non-hydrogen) atoms. The number of aromatic nitrogens is 1. The van der Waals surface area contributed by atoms with E-state index >= 15 is 0 Å². The highest BCUT2D eigenvalue weighted by Crippen LogP contribution is 2.29. The predicted molar refractivity (Wildman–Crippen MR) is 62.1 cm³/mol. The fourth-order valence-electron chi connectivity index (χ4n) is 1.91. The van der Waals surface area contributed by atoms with Crippen LogP contribution in [-0.4, -0.2) is 29.1 Å². The molecule has 0 amide bonds. The highest BCUT2D eigenvalue weighted by atomic mass is 16.6. The maximum atomic E-state index is 11.0. The summed E-state index contributed by atoms with van der Waals surface area (Å²) < 4.78 is 5.64. The lowest BCUT2D eigenvalue weighted by atomic mass is 10.1. The smallest absolute Gasteiger partial charge is 0.333 e. The predicted octanol–water partition coefficient (Wildman–Crippen LogP) is 1.43. The van der Waals surface area contributed by atoms with Crippen LogP contribution < -0.4 is 10.1 Å². The topological polar surface area (TPSA) is 77.3 Å². The molecule has 1 saturated heterocycles. The monoisotopic (exact) mass is 237 g/mol. The number of pyridine rings is 1. The van der Waals surface area contributed by atoms with Crippen LogP contribution in [0.5, 0.6) is 5.88 Å². The normalized spacial score (nSPS) is 16.8. The van der Waals surface area contributed by atoms with Gasteiger partial charge in [0.25, 0.3) is 5.88 Å². The van der Waals surface area contributed by atoms with Gasteiger partial charge < -0.3 is 10.1 Å². The van der Waals surface area contributed by atoms with Crippen LogP contribution in [0.1, 0.15) is 18.4 Å². The Morgan fingerprint density at radius 3 is 2.88 bits per heavy atom. The quantitative estimate of drug-likeness (QED) is 0.635. The average molecular weight is 237 g/mol. The van der Waals surface area contributed by atoms with Gasteiger partial charge in [0.1, 0.15) is 6.10 Å². The van der Waals surface area contributed by atoms with Gasteiger partial charge >= 0.3 is 5.69 Å². The third kappa shape index (κ3) is 2.71. The van der Waals surface area contributed by atoms with Crippen molar-refractivity contribution in [3.8, 4) is 5.88 Å². The van der Waals surface area contributed by atoms with Gasteiger partial charge in [0.05, 0.1) is 4.92 Å². The molecule has 0 unspecified atom stereocenters. The summed E-state index contributed by atoms with van der Waals surface area (Å²) in [5, 5.41) is 14.2. The summed E-state index contributed by atoms with van der Waals surface area (Å²) in [7, 11) is 0. The number of hydrogen-bond acceptors (Lipinski definition) is 5. The molecule has 2 heterocycles. The lowest BCUT2D eigenvalue weighted by Gasteiger charge is -2.23. The Kier molecular flexibility index (Phi) is 3.53. The average Bonchev–Trinajstić information content (AvgIpc) is 2.30. The first-order valence-electron chi connectivity index (χ1n) is 5.66. The zero-order valence-corrected chi connectivity index (χ0v) is 9.68. The standard InChI is InChI=1S/C11H15N3O3/c1-8-2-7-13-11(10(8)14(15)16)17-9-3-5-12-6-4-9/h2,7,9,12H,3-6H2,1H3. The van der Waals surface area contributed by atoms with Gasteiger partial charge in [-0.25, -0.2) is 4.98 Å². The number of hydrogen-bond donors (Lipinski definition) is 1. The fourth-order valence-corrected chi connectivity index (χ4v) is 1.91. The Hall–Kier alpha value is -1.69. The van der Waals surface area contributed by atoms with Crippen molar-refractivity contribution in [1.82, 2.24) is 10.3 Å². The van der Waals surface area contributed by atoms with Crippen LogP contribution in [0.4, 0.5) is 5.69 Å². The van der Waals surface area contributed by atoms with E-state index in [4.69, 9.17) is 4.74 Å². The summed E-state index contributed by atoms with van der Waals surface area (Å²) in [6.45, 7) is 3.45. The highest BCUT2D eigenvalue weighted by Gasteiger charge is 2.23. The van der Waals surface area contributed by atoms with Gasteiger partial charge in [0.2, 0.25) is 0 Å². The summed E-state index contributed by atoms with van der Waals surface area (Å²) in [5.41, 5.74) is 0.556. The van der Waals surface area contributed by atoms with Crippen molar-refractivity contribution in [2.24, 2.45) is 0 Å². The molecular weight excluding hydrogens is 222 g/mol. The molecule has 92 valence electrons. The second-order valence-electron chi connectivity index (χ2n) is 4.11. The largest absolute Gasteiger partial charge is 0.469 e. The third-order valence-corrected chi connectivity index (χ3v) is 2.84. The maximum Gasteiger partial charge on any atom is 0.333 e. The lowest BCUT2D eigenvalue weighted by Crippen LogP contribution is -2.34. The zero-order valence-electron chi connectivity index (χ0n) is 9.68. The summed E-state index contributed by atoms with van der Waals surface area (Å²) in [6.07, 6.45) is 3.27. The molecule has 1 fully saturated rings. The molecule has 2 rings (SSSR count). The Morgan fingerprint density at radius 2 is 2.24 bits per heavy atom. The molecule has 0 aromatic carbocycles. The summed E-state index contributed by atoms with van der Waals surface area (Å²) in [6, 6.07) is 1.62. The van der Waals surface area contributed by atoms with Crippen LogP contribution in [0.15, 0.2) is 12.3 Å². The number of nitro groups is 1. The second-order valence-corrected chi connectivity index (χ2v) is 4.11. The summed E-state index contributed by atoms with van der Waals surface area (Å²) in [5.74, 6) is 0.141. The molecule has 0 bridgehead atoms. The van der Waals surface area contributed by atoms with Crippen molar-refractivity contribution in [3.63, 3.8) is 0 Å². The molecule has 1 N–H and O–H groups in total. The van der Waals surface area contributed by atoms with E-state index in [0.29, 0.717) is 5.56 Å². The second kappa shape index (κ2) is 5.09. The van der Waals surface area contributed by atoms with Crippen molar-refractivity contribution in [1.29, 1.82) is 0 Å². The first kappa shape index (κ1) is 11.8. The first-order valence-corrected chi connectivity index (χ1v) is 5.66. The molecule has 1 aliphatic rings. The van der Waals surface area contributed by atoms with Gasteiger partial charge in [-0.15, -0.1) is 0 Å². The number of ether oxygens (including phenoxy) is 1. The lowest BCUT2D eigenvalue weighted by molar-refractivity contribution is -0.387. The minimum Gasteiger partial charge on any atom is -0.469 e. The van der Waals surface area contributed by atoms with E-state index in [1.807, 2.05) is 0 Å². The highest BCUT2D eigenvalue weighted by molar-refractivity contribution is 5.47. The molecule has 0 atom stereocenters. The molecule has 0 radical (unpaired) electrons. The van der Waals surface area contributed by atoms with Crippen LogP contribution in [0.3, 0.4) is 0 Å². The van der Waals surface area contributed by atoms with Crippen molar-refractivity contribution in [2.45, 2.75) is 25.9 Å². The molecule has 0 aliphatic carbocycles. The van der Waals surface area contributed by atoms with Crippen LogP contribution in [0.25, 0.3) is 0 Å². The van der Waals surface area contributed by atoms with E-state index < -0.39 is 4.92 Å². The summed E-state index contributed by atoms with van der Waals surface area (Å²) in [4.78, 5) is 14.5. The number of nitrogens with one attached hydrogen (secondary N) is 1. The van der Waals surface area contributed by atoms with Crippen LogP contribution in [0.2, 0.25) is 0 Å². The van der Waals surface area contributed by atoms with Crippen LogP contribution in [0, 0.1) is 17.0 Å². The first-order chi connectivity index (χ1) is 8.18. The maximum absolute atomic E-state index is 11.0. The Bertz CT molecular complexity index is 416. The Morgan fingerprint density at radius 1 is 1.53 bits per heavy atom. The number of piperidine rings is 1. The molecule has 0 spiro atoms. The van der Waals surface area contributed by atoms with E-state index in [1.54, 1.807) is 19.2 Å². The van der Waals surface area contributed by atoms with Crippen LogP contribution >= 0.6 is 0 Å². The van der Waals surface area contributed by atoms with Gasteiger partial charge in [-0.05, 0) is 38.9 Å². The van der Waals surface area contributed by atoms with Crippen molar-refractivity contribution >= 4 is 5.69 Å². The van der Waals surface area contributed by atoms with E-state index in [-0.39, 0.29) is 17.7 Å². The SMILES string of the molecule is Cc1ccnc(OC2CCNCC2)c1[N+](=O)[O-]. The molecular formula is C11H15N3O3. The van der Waals surface area contributed by atoms with Gasteiger partial charge in [-0.3, -0.25) is 10.1 Å². The van der Waals surface area contributed by atoms with E-state index in [9.17, 15) is 10.1 Å².